The van der Waals surface area contributed by atoms with Gasteiger partial charge in [0.2, 0.25) is 0 Å². The number of rotatable bonds is 5. The van der Waals surface area contributed by atoms with E-state index < -0.39 is 5.97 Å². The summed E-state index contributed by atoms with van der Waals surface area (Å²) in [5.74, 6) is -0.223. The number of nitrogens with zero attached hydrogens (tertiary/aromatic N) is 4. The average Bonchev–Trinajstić information content (AvgIpc) is 3.17. The summed E-state index contributed by atoms with van der Waals surface area (Å²) in [4.78, 5) is 27.2. The normalized spacial score (nSPS) is 17.1. The molecule has 3 heterocycles. The van der Waals surface area contributed by atoms with Crippen LogP contribution < -0.4 is 0 Å². The van der Waals surface area contributed by atoms with Crippen molar-refractivity contribution >= 4 is 5.97 Å². The number of aromatic nitrogens is 3. The number of pyridine rings is 1. The quantitative estimate of drug-likeness (QED) is 0.749. The van der Waals surface area contributed by atoms with Gasteiger partial charge in [-0.25, -0.2) is 14.8 Å². The first-order chi connectivity index (χ1) is 13.2. The second-order valence-electron chi connectivity index (χ2n) is 6.62. The van der Waals surface area contributed by atoms with Crippen LogP contribution in [-0.4, -0.2) is 37.5 Å². The highest BCUT2D eigenvalue weighted by Gasteiger charge is 2.27. The van der Waals surface area contributed by atoms with E-state index in [0.29, 0.717) is 23.7 Å². The Balaban J connectivity index is 1.53. The van der Waals surface area contributed by atoms with Crippen LogP contribution in [0.5, 0.6) is 0 Å². The van der Waals surface area contributed by atoms with Crippen LogP contribution in [0.2, 0.25) is 0 Å². The molecule has 1 aliphatic rings. The van der Waals surface area contributed by atoms with Crippen LogP contribution >= 0.6 is 0 Å². The van der Waals surface area contributed by atoms with Crippen molar-refractivity contribution in [3.63, 3.8) is 0 Å². The Hall–Kier alpha value is -3.12. The fourth-order valence-corrected chi connectivity index (χ4v) is 3.60. The van der Waals surface area contributed by atoms with Gasteiger partial charge in [0.05, 0.1) is 23.8 Å². The highest BCUT2D eigenvalue weighted by Crippen LogP contribution is 2.31. The van der Waals surface area contributed by atoms with Crippen molar-refractivity contribution in [2.45, 2.75) is 25.4 Å². The van der Waals surface area contributed by atoms with E-state index in [4.69, 9.17) is 0 Å². The molecular weight excluding hydrogens is 340 g/mol. The van der Waals surface area contributed by atoms with E-state index in [-0.39, 0.29) is 5.56 Å². The van der Waals surface area contributed by atoms with Gasteiger partial charge in [0, 0.05) is 24.2 Å². The first-order valence-electron chi connectivity index (χ1n) is 9.01. The van der Waals surface area contributed by atoms with Crippen LogP contribution in [0.25, 0.3) is 11.1 Å². The largest absolute Gasteiger partial charge is 0.478 e. The van der Waals surface area contributed by atoms with Gasteiger partial charge in [0.25, 0.3) is 0 Å². The maximum atomic E-state index is 11.4. The third kappa shape index (κ3) is 3.71. The maximum Gasteiger partial charge on any atom is 0.336 e. The Morgan fingerprint density at radius 3 is 2.59 bits per heavy atom. The molecule has 2 aromatic heterocycles. The standard InChI is InChI=1S/C21H20N4O2/c26-21(27)17-7-2-1-6-16(17)15-12-23-20(24-13-15)14-25-11-5-9-19(25)18-8-3-4-10-22-18/h1-4,6-8,10,12-13,19H,5,9,11,14H2,(H,26,27). The molecule has 1 fully saturated rings. The van der Waals surface area contributed by atoms with Gasteiger partial charge in [-0.3, -0.25) is 9.88 Å². The fourth-order valence-electron chi connectivity index (χ4n) is 3.60. The molecule has 1 atom stereocenters. The molecule has 6 nitrogen and oxygen atoms in total. The summed E-state index contributed by atoms with van der Waals surface area (Å²) in [6, 6.07) is 13.2. The fraction of sp³-hybridized carbons (Fsp3) is 0.238. The predicted octanol–water partition coefficient (Wildman–Crippen LogP) is 3.57. The minimum atomic E-state index is -0.954. The summed E-state index contributed by atoms with van der Waals surface area (Å²) in [6.07, 6.45) is 7.45. The number of likely N-dealkylation sites (tertiary alicyclic amines) is 1. The minimum Gasteiger partial charge on any atom is -0.478 e. The lowest BCUT2D eigenvalue weighted by Crippen LogP contribution is -2.24. The van der Waals surface area contributed by atoms with E-state index in [1.165, 1.54) is 0 Å². The number of benzene rings is 1. The molecule has 136 valence electrons. The lowest BCUT2D eigenvalue weighted by Gasteiger charge is -2.23. The molecule has 1 unspecified atom stereocenters. The lowest BCUT2D eigenvalue weighted by atomic mass is 10.0. The summed E-state index contributed by atoms with van der Waals surface area (Å²) in [5.41, 5.74) is 2.68. The molecule has 0 aliphatic carbocycles. The van der Waals surface area contributed by atoms with Crippen molar-refractivity contribution in [2.24, 2.45) is 0 Å². The second kappa shape index (κ2) is 7.63. The van der Waals surface area contributed by atoms with Crippen molar-refractivity contribution in [1.29, 1.82) is 0 Å². The molecule has 3 aromatic rings. The Morgan fingerprint density at radius 2 is 1.85 bits per heavy atom. The zero-order valence-electron chi connectivity index (χ0n) is 14.8. The molecule has 0 spiro atoms. The number of carbonyl (C=O) groups is 1. The van der Waals surface area contributed by atoms with Crippen LogP contribution in [0, 0.1) is 0 Å². The van der Waals surface area contributed by atoms with Crippen LogP contribution in [0.3, 0.4) is 0 Å². The summed E-state index contributed by atoms with van der Waals surface area (Å²) < 4.78 is 0. The van der Waals surface area contributed by atoms with Gasteiger partial charge in [-0.15, -0.1) is 0 Å². The second-order valence-corrected chi connectivity index (χ2v) is 6.62. The Bertz CT molecular complexity index is 928. The number of carboxylic acid groups (broad SMARTS) is 1. The molecule has 6 heteroatoms. The van der Waals surface area contributed by atoms with Crippen molar-refractivity contribution in [3.8, 4) is 11.1 Å². The van der Waals surface area contributed by atoms with Crippen molar-refractivity contribution in [1.82, 2.24) is 19.9 Å². The third-order valence-electron chi connectivity index (χ3n) is 4.91. The monoisotopic (exact) mass is 360 g/mol. The van der Waals surface area contributed by atoms with Crippen molar-refractivity contribution in [3.05, 3.63) is 78.1 Å². The van der Waals surface area contributed by atoms with E-state index >= 15 is 0 Å². The Kier molecular flexibility index (Phi) is 4.89. The highest BCUT2D eigenvalue weighted by atomic mass is 16.4. The zero-order chi connectivity index (χ0) is 18.6. The third-order valence-corrected chi connectivity index (χ3v) is 4.91. The maximum absolute atomic E-state index is 11.4. The lowest BCUT2D eigenvalue weighted by molar-refractivity contribution is 0.0697. The van der Waals surface area contributed by atoms with E-state index in [0.717, 1.165) is 30.9 Å². The molecule has 1 aromatic carbocycles. The molecule has 1 saturated heterocycles. The number of aromatic carboxylic acids is 1. The average molecular weight is 360 g/mol. The molecule has 4 rings (SSSR count). The van der Waals surface area contributed by atoms with Crippen LogP contribution in [0.1, 0.15) is 40.8 Å². The summed E-state index contributed by atoms with van der Waals surface area (Å²) >= 11 is 0. The van der Waals surface area contributed by atoms with Crippen LogP contribution in [0.15, 0.2) is 61.1 Å². The first-order valence-corrected chi connectivity index (χ1v) is 9.01. The van der Waals surface area contributed by atoms with Gasteiger partial charge in [0.15, 0.2) is 0 Å². The Morgan fingerprint density at radius 1 is 1.07 bits per heavy atom. The molecule has 0 bridgehead atoms. The van der Waals surface area contributed by atoms with Gasteiger partial charge in [-0.1, -0.05) is 24.3 Å². The molecule has 1 aliphatic heterocycles. The molecular formula is C21H20N4O2. The van der Waals surface area contributed by atoms with Gasteiger partial charge >= 0.3 is 5.97 Å². The van der Waals surface area contributed by atoms with E-state index in [9.17, 15) is 9.90 Å². The molecule has 0 amide bonds. The first kappa shape index (κ1) is 17.3. The van der Waals surface area contributed by atoms with Gasteiger partial charge in [0.1, 0.15) is 5.82 Å². The van der Waals surface area contributed by atoms with E-state index in [2.05, 4.69) is 25.9 Å². The van der Waals surface area contributed by atoms with Crippen molar-refractivity contribution in [2.75, 3.05) is 6.54 Å². The summed E-state index contributed by atoms with van der Waals surface area (Å²) in [6.45, 7) is 1.65. The van der Waals surface area contributed by atoms with E-state index in [1.54, 1.807) is 30.6 Å². The topological polar surface area (TPSA) is 79.2 Å². The van der Waals surface area contributed by atoms with E-state index in [1.807, 2.05) is 24.4 Å². The minimum absolute atomic E-state index is 0.253. The molecule has 0 saturated carbocycles. The van der Waals surface area contributed by atoms with Crippen LogP contribution in [-0.2, 0) is 6.54 Å². The number of hydrogen-bond donors (Lipinski definition) is 1. The summed E-state index contributed by atoms with van der Waals surface area (Å²) in [5, 5.41) is 9.36. The highest BCUT2D eigenvalue weighted by molar-refractivity contribution is 5.95. The Labute approximate surface area is 157 Å². The zero-order valence-corrected chi connectivity index (χ0v) is 14.8. The van der Waals surface area contributed by atoms with Gasteiger partial charge in [-0.2, -0.15) is 0 Å². The van der Waals surface area contributed by atoms with Gasteiger partial charge in [-0.05, 0) is 43.1 Å². The molecule has 1 N–H and O–H groups in total. The number of hydrogen-bond acceptors (Lipinski definition) is 5. The summed E-state index contributed by atoms with van der Waals surface area (Å²) in [7, 11) is 0. The van der Waals surface area contributed by atoms with Crippen LogP contribution in [0.4, 0.5) is 0 Å². The van der Waals surface area contributed by atoms with Crippen molar-refractivity contribution < 1.29 is 9.90 Å². The van der Waals surface area contributed by atoms with Gasteiger partial charge < -0.3 is 5.11 Å². The molecule has 0 radical (unpaired) electrons. The smallest absolute Gasteiger partial charge is 0.336 e. The SMILES string of the molecule is O=C(O)c1ccccc1-c1cnc(CN2CCCC2c2ccccn2)nc1. The molecule has 27 heavy (non-hydrogen) atoms. The predicted molar refractivity (Wildman–Crippen MR) is 101 cm³/mol. The number of carboxylic acids is 1.